The number of carbonyl (C=O) groups excluding carboxylic acids is 2. The minimum absolute atomic E-state index is 0.000707. The molecule has 3 rings (SSSR count). The highest BCUT2D eigenvalue weighted by molar-refractivity contribution is 5.98. The van der Waals surface area contributed by atoms with Crippen LogP contribution < -0.4 is 9.64 Å². The topological polar surface area (TPSA) is 46.6 Å². The Labute approximate surface area is 154 Å². The first-order chi connectivity index (χ1) is 12.3. The maximum absolute atomic E-state index is 12.5. The number of nitrogens with zero attached hydrogens (tertiary/aromatic N) is 1. The van der Waals surface area contributed by atoms with Gasteiger partial charge in [-0.25, -0.2) is 0 Å². The van der Waals surface area contributed by atoms with Crippen LogP contribution in [0.4, 0.5) is 5.69 Å². The number of rotatable bonds is 4. The van der Waals surface area contributed by atoms with Crippen molar-refractivity contribution in [2.45, 2.75) is 32.7 Å². The first kappa shape index (κ1) is 17.9. The molecule has 0 aromatic heterocycles. The lowest BCUT2D eigenvalue weighted by atomic mass is 9.85. The predicted octanol–water partition coefficient (Wildman–Crippen LogP) is 4.37. The van der Waals surface area contributed by atoms with E-state index in [0.29, 0.717) is 23.5 Å². The average Bonchev–Trinajstić information content (AvgIpc) is 2.62. The second kappa shape index (κ2) is 6.79. The molecule has 1 aliphatic heterocycles. The SMILES string of the molecule is C=Cc1cc(CN2C(=O)COc3ccc(C=O)cc32)cc(C(C)(C)C)c1. The van der Waals surface area contributed by atoms with Crippen molar-refractivity contribution in [3.63, 3.8) is 0 Å². The number of anilines is 1. The van der Waals surface area contributed by atoms with Crippen molar-refractivity contribution in [3.8, 4) is 5.75 Å². The predicted molar refractivity (Wildman–Crippen MR) is 104 cm³/mol. The van der Waals surface area contributed by atoms with Crippen molar-refractivity contribution in [2.75, 3.05) is 11.5 Å². The molecule has 0 bridgehead atoms. The van der Waals surface area contributed by atoms with Gasteiger partial charge in [-0.2, -0.15) is 0 Å². The largest absolute Gasteiger partial charge is 0.482 e. The van der Waals surface area contributed by atoms with E-state index in [1.165, 1.54) is 5.56 Å². The van der Waals surface area contributed by atoms with Gasteiger partial charge in [0.1, 0.15) is 12.0 Å². The third kappa shape index (κ3) is 3.54. The molecule has 0 spiro atoms. The molecule has 0 saturated heterocycles. The van der Waals surface area contributed by atoms with Gasteiger partial charge in [-0.1, -0.05) is 45.6 Å². The quantitative estimate of drug-likeness (QED) is 0.770. The van der Waals surface area contributed by atoms with Crippen LogP contribution in [-0.4, -0.2) is 18.8 Å². The molecule has 0 fully saturated rings. The molecule has 1 amide bonds. The summed E-state index contributed by atoms with van der Waals surface area (Å²) in [4.78, 5) is 25.3. The van der Waals surface area contributed by atoms with Crippen molar-refractivity contribution < 1.29 is 14.3 Å². The summed E-state index contributed by atoms with van der Waals surface area (Å²) >= 11 is 0. The Bertz CT molecular complexity index is 877. The zero-order valence-electron chi connectivity index (χ0n) is 15.4. The first-order valence-electron chi connectivity index (χ1n) is 8.61. The number of ether oxygens (including phenoxy) is 1. The van der Waals surface area contributed by atoms with E-state index in [1.54, 1.807) is 23.1 Å². The molecule has 2 aromatic carbocycles. The second-order valence-corrected chi connectivity index (χ2v) is 7.53. The number of aldehydes is 1. The van der Waals surface area contributed by atoms with Gasteiger partial charge in [-0.05, 0) is 46.4 Å². The Morgan fingerprint density at radius 1 is 1.15 bits per heavy atom. The summed E-state index contributed by atoms with van der Waals surface area (Å²) in [6.45, 7) is 10.8. The maximum atomic E-state index is 12.5. The maximum Gasteiger partial charge on any atom is 0.265 e. The van der Waals surface area contributed by atoms with Crippen LogP contribution in [0.15, 0.2) is 43.0 Å². The van der Waals surface area contributed by atoms with Crippen LogP contribution in [0.3, 0.4) is 0 Å². The second-order valence-electron chi connectivity index (χ2n) is 7.53. The molecule has 2 aromatic rings. The number of hydrogen-bond acceptors (Lipinski definition) is 3. The normalized spacial score (nSPS) is 13.8. The van der Waals surface area contributed by atoms with Gasteiger partial charge in [0.15, 0.2) is 6.61 Å². The van der Waals surface area contributed by atoms with Crippen LogP contribution in [0.25, 0.3) is 6.08 Å². The van der Waals surface area contributed by atoms with Gasteiger partial charge in [0.25, 0.3) is 5.91 Å². The van der Waals surface area contributed by atoms with Crippen LogP contribution in [0.5, 0.6) is 5.75 Å². The van der Waals surface area contributed by atoms with Crippen molar-refractivity contribution in [3.05, 3.63) is 65.2 Å². The number of hydrogen-bond donors (Lipinski definition) is 0. The molecular formula is C22H23NO3. The molecule has 0 atom stereocenters. The molecule has 1 aliphatic rings. The van der Waals surface area contributed by atoms with E-state index >= 15 is 0 Å². The van der Waals surface area contributed by atoms with Gasteiger partial charge in [0.05, 0.1) is 12.2 Å². The van der Waals surface area contributed by atoms with Crippen LogP contribution in [-0.2, 0) is 16.8 Å². The summed E-state index contributed by atoms with van der Waals surface area (Å²) in [5.41, 5.74) is 4.37. The Kier molecular flexibility index (Phi) is 4.68. The fourth-order valence-electron chi connectivity index (χ4n) is 3.01. The lowest BCUT2D eigenvalue weighted by Crippen LogP contribution is -2.38. The zero-order chi connectivity index (χ0) is 18.9. The van der Waals surface area contributed by atoms with Gasteiger partial charge in [-0.15, -0.1) is 0 Å². The third-order valence-corrected chi connectivity index (χ3v) is 4.52. The number of benzene rings is 2. The molecule has 4 heteroatoms. The molecule has 0 aliphatic carbocycles. The van der Waals surface area contributed by atoms with Crippen LogP contribution in [0, 0.1) is 0 Å². The minimum Gasteiger partial charge on any atom is -0.482 e. The molecule has 0 N–H and O–H groups in total. The van der Waals surface area contributed by atoms with E-state index in [-0.39, 0.29) is 17.9 Å². The molecule has 4 nitrogen and oxygen atoms in total. The molecule has 0 saturated carbocycles. The number of carbonyl (C=O) groups is 2. The van der Waals surface area contributed by atoms with Crippen molar-refractivity contribution >= 4 is 24.0 Å². The fraction of sp³-hybridized carbons (Fsp3) is 0.273. The van der Waals surface area contributed by atoms with E-state index in [1.807, 2.05) is 12.1 Å². The van der Waals surface area contributed by atoms with E-state index in [2.05, 4.69) is 39.5 Å². The van der Waals surface area contributed by atoms with E-state index in [9.17, 15) is 9.59 Å². The standard InChI is InChI=1S/C22H23NO3/c1-5-15-8-17(10-18(9-15)22(2,3)4)12-23-19-11-16(13-24)6-7-20(19)26-14-21(23)25/h5-11,13H,1,12,14H2,2-4H3. The minimum atomic E-state index is -0.123. The molecule has 0 unspecified atom stereocenters. The number of amides is 1. The van der Waals surface area contributed by atoms with Crippen molar-refractivity contribution in [1.82, 2.24) is 0 Å². The smallest absolute Gasteiger partial charge is 0.265 e. The Hall–Kier alpha value is -2.88. The number of fused-ring (bicyclic) bond motifs is 1. The van der Waals surface area contributed by atoms with Crippen LogP contribution in [0.1, 0.15) is 47.8 Å². The molecule has 1 heterocycles. The first-order valence-corrected chi connectivity index (χ1v) is 8.61. The van der Waals surface area contributed by atoms with Gasteiger partial charge in [-0.3, -0.25) is 9.59 Å². The summed E-state index contributed by atoms with van der Waals surface area (Å²) in [6.07, 6.45) is 2.59. The van der Waals surface area contributed by atoms with Crippen LogP contribution in [0.2, 0.25) is 0 Å². The average molecular weight is 349 g/mol. The summed E-state index contributed by atoms with van der Waals surface area (Å²) in [5.74, 6) is 0.494. The van der Waals surface area contributed by atoms with E-state index in [0.717, 1.165) is 17.4 Å². The highest BCUT2D eigenvalue weighted by atomic mass is 16.5. The lowest BCUT2D eigenvalue weighted by Gasteiger charge is -2.30. The third-order valence-electron chi connectivity index (χ3n) is 4.52. The Balaban J connectivity index is 2.02. The highest BCUT2D eigenvalue weighted by Crippen LogP contribution is 2.34. The van der Waals surface area contributed by atoms with Crippen molar-refractivity contribution in [2.24, 2.45) is 0 Å². The van der Waals surface area contributed by atoms with E-state index in [4.69, 9.17) is 4.74 Å². The van der Waals surface area contributed by atoms with Gasteiger partial charge >= 0.3 is 0 Å². The summed E-state index contributed by atoms with van der Waals surface area (Å²) in [5, 5.41) is 0. The molecular weight excluding hydrogens is 326 g/mol. The molecule has 26 heavy (non-hydrogen) atoms. The summed E-state index contributed by atoms with van der Waals surface area (Å²) < 4.78 is 5.50. The van der Waals surface area contributed by atoms with Gasteiger partial charge in [0.2, 0.25) is 0 Å². The fourth-order valence-corrected chi connectivity index (χ4v) is 3.01. The highest BCUT2D eigenvalue weighted by Gasteiger charge is 2.26. The lowest BCUT2D eigenvalue weighted by molar-refractivity contribution is -0.121. The summed E-state index contributed by atoms with van der Waals surface area (Å²) in [6, 6.07) is 11.4. The van der Waals surface area contributed by atoms with E-state index < -0.39 is 0 Å². The van der Waals surface area contributed by atoms with Gasteiger partial charge in [0, 0.05) is 5.56 Å². The monoisotopic (exact) mass is 349 g/mol. The van der Waals surface area contributed by atoms with Crippen molar-refractivity contribution in [1.29, 1.82) is 0 Å². The summed E-state index contributed by atoms with van der Waals surface area (Å²) in [7, 11) is 0. The Morgan fingerprint density at radius 3 is 2.58 bits per heavy atom. The van der Waals surface area contributed by atoms with Gasteiger partial charge < -0.3 is 9.64 Å². The molecule has 0 radical (unpaired) electrons. The zero-order valence-corrected chi connectivity index (χ0v) is 15.4. The Morgan fingerprint density at radius 2 is 1.92 bits per heavy atom. The molecule has 134 valence electrons. The van der Waals surface area contributed by atoms with Crippen LogP contribution >= 0.6 is 0 Å².